The van der Waals surface area contributed by atoms with Crippen LogP contribution < -0.4 is 9.62 Å². The van der Waals surface area contributed by atoms with Gasteiger partial charge in [0.1, 0.15) is 6.54 Å². The summed E-state index contributed by atoms with van der Waals surface area (Å²) in [7, 11) is -3.55. The van der Waals surface area contributed by atoms with Crippen LogP contribution in [-0.2, 0) is 19.6 Å². The molecular weight excluding hydrogens is 342 g/mol. The summed E-state index contributed by atoms with van der Waals surface area (Å²) >= 11 is 0. The normalized spacial score (nSPS) is 17.1. The second-order valence-electron chi connectivity index (χ2n) is 6.36. The third kappa shape index (κ3) is 5.69. The zero-order valence-electron chi connectivity index (χ0n) is 15.1. The highest BCUT2D eigenvalue weighted by Gasteiger charge is 2.23. The number of hydrogen-bond acceptors (Lipinski definition) is 5. The smallest absolute Gasteiger partial charge is 0.240 e. The third-order valence-corrected chi connectivity index (χ3v) is 5.46. The van der Waals surface area contributed by atoms with Crippen molar-refractivity contribution in [3.8, 4) is 0 Å². The van der Waals surface area contributed by atoms with E-state index in [0.717, 1.165) is 29.2 Å². The van der Waals surface area contributed by atoms with Crippen molar-refractivity contribution in [3.63, 3.8) is 0 Å². The van der Waals surface area contributed by atoms with Gasteiger partial charge in [-0.05, 0) is 25.5 Å². The lowest BCUT2D eigenvalue weighted by atomic mass is 10.2. The molecule has 25 heavy (non-hydrogen) atoms. The zero-order valence-corrected chi connectivity index (χ0v) is 15.9. The van der Waals surface area contributed by atoms with Gasteiger partial charge in [-0.25, -0.2) is 8.42 Å². The Morgan fingerprint density at radius 3 is 2.56 bits per heavy atom. The Morgan fingerprint density at radius 1 is 1.32 bits per heavy atom. The second-order valence-corrected chi connectivity index (χ2v) is 8.26. The molecule has 0 spiro atoms. The highest BCUT2D eigenvalue weighted by molar-refractivity contribution is 7.92. The number of sulfonamides is 1. The molecule has 1 saturated heterocycles. The van der Waals surface area contributed by atoms with Crippen LogP contribution >= 0.6 is 0 Å². The van der Waals surface area contributed by atoms with Crippen LogP contribution in [-0.4, -0.2) is 70.9 Å². The molecule has 7 nitrogen and oxygen atoms in total. The molecule has 140 valence electrons. The van der Waals surface area contributed by atoms with Gasteiger partial charge in [0.2, 0.25) is 15.9 Å². The first-order chi connectivity index (χ1) is 11.8. The van der Waals surface area contributed by atoms with Gasteiger partial charge in [0.05, 0.1) is 25.2 Å². The Kier molecular flexibility index (Phi) is 6.80. The number of para-hydroxylation sites is 1. The van der Waals surface area contributed by atoms with Crippen molar-refractivity contribution in [2.24, 2.45) is 0 Å². The lowest BCUT2D eigenvalue weighted by Gasteiger charge is -2.32. The number of rotatable bonds is 7. The van der Waals surface area contributed by atoms with Gasteiger partial charge in [0.15, 0.2) is 0 Å². The maximum atomic E-state index is 12.3. The minimum absolute atomic E-state index is 0.179. The summed E-state index contributed by atoms with van der Waals surface area (Å²) in [5, 5.41) is 2.84. The highest BCUT2D eigenvalue weighted by atomic mass is 32.2. The largest absolute Gasteiger partial charge is 0.379 e. The summed E-state index contributed by atoms with van der Waals surface area (Å²) < 4.78 is 30.7. The summed E-state index contributed by atoms with van der Waals surface area (Å²) in [6.45, 7) is 7.21. The van der Waals surface area contributed by atoms with E-state index in [1.54, 1.807) is 12.1 Å². The van der Waals surface area contributed by atoms with Gasteiger partial charge in [0, 0.05) is 25.7 Å². The first-order valence-corrected chi connectivity index (χ1v) is 10.3. The van der Waals surface area contributed by atoms with E-state index in [2.05, 4.69) is 10.2 Å². The molecule has 1 aromatic rings. The number of benzene rings is 1. The van der Waals surface area contributed by atoms with E-state index in [4.69, 9.17) is 4.74 Å². The van der Waals surface area contributed by atoms with Crippen LogP contribution in [0.15, 0.2) is 24.3 Å². The average Bonchev–Trinajstić information content (AvgIpc) is 2.58. The van der Waals surface area contributed by atoms with E-state index < -0.39 is 10.0 Å². The van der Waals surface area contributed by atoms with E-state index >= 15 is 0 Å². The Hall–Kier alpha value is -1.64. The van der Waals surface area contributed by atoms with Gasteiger partial charge < -0.3 is 10.1 Å². The molecular formula is C17H27N3O4S. The number of morpholine rings is 1. The average molecular weight is 369 g/mol. The van der Waals surface area contributed by atoms with E-state index in [0.29, 0.717) is 25.4 Å². The van der Waals surface area contributed by atoms with Crippen LogP contribution in [0.1, 0.15) is 12.5 Å². The molecule has 1 amide bonds. The van der Waals surface area contributed by atoms with Crippen molar-refractivity contribution >= 4 is 21.6 Å². The number of hydrogen-bond donors (Lipinski definition) is 1. The molecule has 0 radical (unpaired) electrons. The summed E-state index contributed by atoms with van der Waals surface area (Å²) in [5.74, 6) is -0.311. The molecule has 1 aliphatic rings. The third-order valence-electron chi connectivity index (χ3n) is 4.34. The van der Waals surface area contributed by atoms with Gasteiger partial charge >= 0.3 is 0 Å². The van der Waals surface area contributed by atoms with Gasteiger partial charge in [-0.1, -0.05) is 18.2 Å². The van der Waals surface area contributed by atoms with Crippen LogP contribution in [0.4, 0.5) is 5.69 Å². The van der Waals surface area contributed by atoms with Crippen LogP contribution in [0, 0.1) is 6.92 Å². The van der Waals surface area contributed by atoms with Gasteiger partial charge in [-0.15, -0.1) is 0 Å². The van der Waals surface area contributed by atoms with Crippen molar-refractivity contribution in [1.82, 2.24) is 10.2 Å². The molecule has 1 unspecified atom stereocenters. The fraction of sp³-hybridized carbons (Fsp3) is 0.588. The van der Waals surface area contributed by atoms with Crippen LogP contribution in [0.25, 0.3) is 0 Å². The lowest BCUT2D eigenvalue weighted by Crippen LogP contribution is -2.49. The van der Waals surface area contributed by atoms with E-state index in [-0.39, 0.29) is 18.5 Å². The summed E-state index contributed by atoms with van der Waals surface area (Å²) in [4.78, 5) is 14.6. The number of ether oxygens (including phenoxy) is 1. The minimum Gasteiger partial charge on any atom is -0.379 e. The fourth-order valence-electron chi connectivity index (χ4n) is 2.82. The first-order valence-electron chi connectivity index (χ1n) is 8.41. The molecule has 1 atom stereocenters. The number of nitrogens with zero attached hydrogens (tertiary/aromatic N) is 2. The molecule has 0 aromatic heterocycles. The van der Waals surface area contributed by atoms with Crippen molar-refractivity contribution in [3.05, 3.63) is 29.8 Å². The van der Waals surface area contributed by atoms with Crippen LogP contribution in [0.2, 0.25) is 0 Å². The van der Waals surface area contributed by atoms with Crippen molar-refractivity contribution in [2.75, 3.05) is 50.0 Å². The SMILES string of the molecule is Cc1ccccc1N(CC(=O)NCC(C)N1CCOCC1)S(C)(=O)=O. The maximum Gasteiger partial charge on any atom is 0.240 e. The molecule has 0 aliphatic carbocycles. The number of amides is 1. The minimum atomic E-state index is -3.55. The maximum absolute atomic E-state index is 12.3. The standard InChI is InChI=1S/C17H27N3O4S/c1-14-6-4-5-7-16(14)20(25(3,22)23)13-17(21)18-12-15(2)19-8-10-24-11-9-19/h4-7,15H,8-13H2,1-3H3,(H,18,21). The monoisotopic (exact) mass is 369 g/mol. The number of nitrogens with one attached hydrogen (secondary N) is 1. The molecule has 0 bridgehead atoms. The quantitative estimate of drug-likeness (QED) is 0.761. The first kappa shape index (κ1) is 19.7. The molecule has 2 rings (SSSR count). The molecule has 1 fully saturated rings. The molecule has 1 heterocycles. The predicted octanol–water partition coefficient (Wildman–Crippen LogP) is 0.598. The Bertz CT molecular complexity index is 687. The zero-order chi connectivity index (χ0) is 18.4. The number of aryl methyl sites for hydroxylation is 1. The van der Waals surface area contributed by atoms with Gasteiger partial charge in [-0.2, -0.15) is 0 Å². The number of carbonyl (C=O) groups excluding carboxylic acids is 1. The van der Waals surface area contributed by atoms with E-state index in [1.807, 2.05) is 26.0 Å². The highest BCUT2D eigenvalue weighted by Crippen LogP contribution is 2.21. The van der Waals surface area contributed by atoms with Gasteiger partial charge in [0.25, 0.3) is 0 Å². The van der Waals surface area contributed by atoms with Crippen molar-refractivity contribution in [1.29, 1.82) is 0 Å². The summed E-state index contributed by atoms with van der Waals surface area (Å²) in [6, 6.07) is 7.31. The summed E-state index contributed by atoms with van der Waals surface area (Å²) in [6.07, 6.45) is 1.11. The molecule has 1 N–H and O–H groups in total. The predicted molar refractivity (Wildman–Crippen MR) is 98.2 cm³/mol. The van der Waals surface area contributed by atoms with E-state index in [1.165, 1.54) is 0 Å². The van der Waals surface area contributed by atoms with Gasteiger partial charge in [-0.3, -0.25) is 14.0 Å². The number of carbonyl (C=O) groups is 1. The topological polar surface area (TPSA) is 79.0 Å². The summed E-state index contributed by atoms with van der Waals surface area (Å²) in [5.41, 5.74) is 1.34. The van der Waals surface area contributed by atoms with Crippen LogP contribution in [0.5, 0.6) is 0 Å². The Morgan fingerprint density at radius 2 is 1.96 bits per heavy atom. The molecule has 1 aromatic carbocycles. The molecule has 0 saturated carbocycles. The number of anilines is 1. The fourth-order valence-corrected chi connectivity index (χ4v) is 3.73. The second kappa shape index (κ2) is 8.64. The van der Waals surface area contributed by atoms with Crippen molar-refractivity contribution in [2.45, 2.75) is 19.9 Å². The van der Waals surface area contributed by atoms with Crippen LogP contribution in [0.3, 0.4) is 0 Å². The Balaban J connectivity index is 1.97. The Labute approximate surface area is 150 Å². The lowest BCUT2D eigenvalue weighted by molar-refractivity contribution is -0.119. The molecule has 8 heteroatoms. The van der Waals surface area contributed by atoms with Crippen molar-refractivity contribution < 1.29 is 17.9 Å². The van der Waals surface area contributed by atoms with E-state index in [9.17, 15) is 13.2 Å². The molecule has 1 aliphatic heterocycles.